The van der Waals surface area contributed by atoms with Gasteiger partial charge < -0.3 is 14.2 Å². The number of hydrogen-bond donors (Lipinski definition) is 1. The number of nitrogens with zero attached hydrogens (tertiary/aromatic N) is 1. The molecule has 0 saturated carbocycles. The minimum absolute atomic E-state index is 0.132. The molecule has 1 aromatic carbocycles. The van der Waals surface area contributed by atoms with Gasteiger partial charge in [-0.2, -0.15) is 18.3 Å². The molecular weight excluding hydrogens is 341 g/mol. The van der Waals surface area contributed by atoms with Crippen LogP contribution in [-0.2, 0) is 20.4 Å². The molecule has 0 unspecified atom stereocenters. The number of methoxy groups -OCH3 is 2. The van der Waals surface area contributed by atoms with Gasteiger partial charge in [0.25, 0.3) is 0 Å². The van der Waals surface area contributed by atoms with Crippen molar-refractivity contribution in [2.45, 2.75) is 13.1 Å². The van der Waals surface area contributed by atoms with Gasteiger partial charge in [0.1, 0.15) is 12.0 Å². The maximum Gasteiger partial charge on any atom is 0.435 e. The van der Waals surface area contributed by atoms with Crippen molar-refractivity contribution in [2.24, 2.45) is 0 Å². The zero-order valence-electron chi connectivity index (χ0n) is 13.6. The lowest BCUT2D eigenvalue weighted by Crippen LogP contribution is -2.12. The lowest BCUT2D eigenvalue weighted by atomic mass is 10.0. The number of carbonyl (C=O) groups excluding carboxylic acids is 1. The first-order chi connectivity index (χ1) is 11.8. The fourth-order valence-corrected chi connectivity index (χ4v) is 2.04. The predicted octanol–water partition coefficient (Wildman–Crippen LogP) is 3.44. The third kappa shape index (κ3) is 4.11. The smallest absolute Gasteiger partial charge is 0.435 e. The number of halogens is 3. The molecule has 2 rings (SSSR count). The Bertz CT molecular complexity index is 797. The molecule has 1 aromatic heterocycles. The maximum atomic E-state index is 13.0. The van der Waals surface area contributed by atoms with Crippen LogP contribution >= 0.6 is 0 Å². The van der Waals surface area contributed by atoms with E-state index in [1.54, 1.807) is 13.0 Å². The number of esters is 1. The molecule has 0 radical (unpaired) electrons. The third-order valence-corrected chi connectivity index (χ3v) is 3.24. The largest absolute Gasteiger partial charge is 0.500 e. The fraction of sp³-hybridized carbons (Fsp3) is 0.250. The van der Waals surface area contributed by atoms with Gasteiger partial charge in [0.05, 0.1) is 14.2 Å². The van der Waals surface area contributed by atoms with Crippen LogP contribution in [0.3, 0.4) is 0 Å². The average molecular weight is 356 g/mol. The molecule has 6 nitrogen and oxygen atoms in total. The molecule has 0 fully saturated rings. The van der Waals surface area contributed by atoms with E-state index in [9.17, 15) is 18.0 Å². The van der Waals surface area contributed by atoms with Crippen molar-refractivity contribution in [1.82, 2.24) is 10.2 Å². The second kappa shape index (κ2) is 7.29. The van der Waals surface area contributed by atoms with Gasteiger partial charge in [-0.3, -0.25) is 5.10 Å². The molecule has 0 saturated heterocycles. The molecule has 134 valence electrons. The summed E-state index contributed by atoms with van der Waals surface area (Å²) in [7, 11) is 2.48. The van der Waals surface area contributed by atoms with Crippen LogP contribution in [0.1, 0.15) is 11.3 Å². The van der Waals surface area contributed by atoms with E-state index >= 15 is 0 Å². The van der Waals surface area contributed by atoms with Crippen LogP contribution in [0, 0.1) is 6.92 Å². The van der Waals surface area contributed by atoms with Gasteiger partial charge in [-0.1, -0.05) is 12.1 Å². The summed E-state index contributed by atoms with van der Waals surface area (Å²) in [5, 5.41) is 5.46. The third-order valence-electron chi connectivity index (χ3n) is 3.24. The number of nitrogens with one attached hydrogen (secondary N) is 1. The van der Waals surface area contributed by atoms with Crippen LogP contribution in [-0.4, -0.2) is 30.4 Å². The molecule has 2 aromatic rings. The van der Waals surface area contributed by atoms with Crippen molar-refractivity contribution in [3.8, 4) is 16.9 Å². The molecule has 1 heterocycles. The van der Waals surface area contributed by atoms with Crippen LogP contribution < -0.4 is 4.74 Å². The summed E-state index contributed by atoms with van der Waals surface area (Å²) in [6, 6.07) is 4.45. The Morgan fingerprint density at radius 3 is 2.60 bits per heavy atom. The zero-order chi connectivity index (χ0) is 18.6. The highest BCUT2D eigenvalue weighted by Crippen LogP contribution is 2.37. The second-order valence-corrected chi connectivity index (χ2v) is 4.94. The van der Waals surface area contributed by atoms with Crippen molar-refractivity contribution in [3.05, 3.63) is 47.7 Å². The van der Waals surface area contributed by atoms with Crippen LogP contribution in [0.5, 0.6) is 5.75 Å². The highest BCUT2D eigenvalue weighted by atomic mass is 19.4. The van der Waals surface area contributed by atoms with E-state index < -0.39 is 17.8 Å². The van der Waals surface area contributed by atoms with Crippen molar-refractivity contribution >= 4 is 5.97 Å². The van der Waals surface area contributed by atoms with Gasteiger partial charge in [-0.25, -0.2) is 4.79 Å². The van der Waals surface area contributed by atoms with Crippen molar-refractivity contribution in [2.75, 3.05) is 14.2 Å². The fourth-order valence-electron chi connectivity index (χ4n) is 2.04. The molecule has 9 heteroatoms. The number of hydrogen-bond acceptors (Lipinski definition) is 5. The zero-order valence-corrected chi connectivity index (χ0v) is 13.6. The maximum absolute atomic E-state index is 13.0. The standard InChI is InChI=1S/C16H15F3N2O4/c1-9-4-5-10(11-7-20-21-14(11)16(17,18)19)6-12(9)25-13(8-23-2)15(22)24-3/h4-8H,1-3H3,(H,20,21)/b13-8-. The Kier molecular flexibility index (Phi) is 5.35. The molecular formula is C16H15F3N2O4. The summed E-state index contributed by atoms with van der Waals surface area (Å²) in [6.07, 6.45) is -2.42. The molecule has 0 aliphatic rings. The second-order valence-electron chi connectivity index (χ2n) is 4.94. The van der Waals surface area contributed by atoms with E-state index in [4.69, 9.17) is 9.47 Å². The molecule has 0 bridgehead atoms. The first-order valence-electron chi connectivity index (χ1n) is 6.99. The lowest BCUT2D eigenvalue weighted by Gasteiger charge is -2.12. The lowest BCUT2D eigenvalue weighted by molar-refractivity contribution is -0.140. The summed E-state index contributed by atoms with van der Waals surface area (Å²) in [4.78, 5) is 11.7. The van der Waals surface area contributed by atoms with Gasteiger partial charge in [0.15, 0.2) is 5.69 Å². The van der Waals surface area contributed by atoms with Crippen molar-refractivity contribution in [3.63, 3.8) is 0 Å². The number of aromatic amines is 1. The van der Waals surface area contributed by atoms with Crippen LogP contribution in [0.15, 0.2) is 36.4 Å². The van der Waals surface area contributed by atoms with E-state index in [0.717, 1.165) is 12.5 Å². The number of aryl methyl sites for hydroxylation is 1. The number of benzene rings is 1. The van der Waals surface area contributed by atoms with E-state index in [1.165, 1.54) is 26.4 Å². The minimum Gasteiger partial charge on any atom is -0.500 e. The minimum atomic E-state index is -4.60. The monoisotopic (exact) mass is 356 g/mol. The van der Waals surface area contributed by atoms with Crippen LogP contribution in [0.4, 0.5) is 13.2 Å². The first kappa shape index (κ1) is 18.4. The Labute approximate surface area is 141 Å². The van der Waals surface area contributed by atoms with Crippen molar-refractivity contribution in [1.29, 1.82) is 0 Å². The summed E-state index contributed by atoms with van der Waals surface area (Å²) >= 11 is 0. The highest BCUT2D eigenvalue weighted by molar-refractivity contribution is 5.86. The van der Waals surface area contributed by atoms with Gasteiger partial charge in [0, 0.05) is 11.8 Å². The van der Waals surface area contributed by atoms with Gasteiger partial charge in [-0.05, 0) is 24.1 Å². The highest BCUT2D eigenvalue weighted by Gasteiger charge is 2.36. The van der Waals surface area contributed by atoms with E-state index in [2.05, 4.69) is 14.9 Å². The SMILES string of the molecule is CO/C=C(\Oc1cc(-c2c[nH]nc2C(F)(F)F)ccc1C)C(=O)OC. The molecule has 0 aliphatic carbocycles. The van der Waals surface area contributed by atoms with Gasteiger partial charge in [-0.15, -0.1) is 0 Å². The number of carbonyl (C=O) groups is 1. The van der Waals surface area contributed by atoms with Crippen LogP contribution in [0.2, 0.25) is 0 Å². The van der Waals surface area contributed by atoms with E-state index in [1.807, 2.05) is 0 Å². The topological polar surface area (TPSA) is 73.4 Å². The number of rotatable bonds is 5. The number of H-pyrrole nitrogens is 1. The van der Waals surface area contributed by atoms with Crippen molar-refractivity contribution < 1.29 is 32.2 Å². The Morgan fingerprint density at radius 2 is 2.00 bits per heavy atom. The molecule has 25 heavy (non-hydrogen) atoms. The number of aromatic nitrogens is 2. The Morgan fingerprint density at radius 1 is 1.28 bits per heavy atom. The Hall–Kier alpha value is -2.97. The summed E-state index contributed by atoms with van der Waals surface area (Å²) < 4.78 is 53.8. The Balaban J connectivity index is 2.44. The summed E-state index contributed by atoms with van der Waals surface area (Å²) in [5.41, 5.74) is -0.342. The van der Waals surface area contributed by atoms with Gasteiger partial charge >= 0.3 is 12.1 Å². The number of ether oxygens (including phenoxy) is 3. The van der Waals surface area contributed by atoms with E-state index in [-0.39, 0.29) is 22.6 Å². The molecule has 0 spiro atoms. The molecule has 0 aliphatic heterocycles. The summed E-state index contributed by atoms with van der Waals surface area (Å²) in [6.45, 7) is 1.68. The summed E-state index contributed by atoms with van der Waals surface area (Å²) in [5.74, 6) is -0.847. The predicted molar refractivity (Wildman–Crippen MR) is 81.5 cm³/mol. The first-order valence-corrected chi connectivity index (χ1v) is 6.99. The van der Waals surface area contributed by atoms with E-state index in [0.29, 0.717) is 5.56 Å². The average Bonchev–Trinajstić information content (AvgIpc) is 3.05. The van der Waals surface area contributed by atoms with Crippen LogP contribution in [0.25, 0.3) is 11.1 Å². The quantitative estimate of drug-likeness (QED) is 0.505. The number of alkyl halides is 3. The van der Waals surface area contributed by atoms with Gasteiger partial charge in [0.2, 0.25) is 5.76 Å². The molecule has 0 amide bonds. The normalized spacial score (nSPS) is 12.0. The molecule has 1 N–H and O–H groups in total. The molecule has 0 atom stereocenters.